The van der Waals surface area contributed by atoms with Gasteiger partial charge in [-0.25, -0.2) is 0 Å². The predicted octanol–water partition coefficient (Wildman–Crippen LogP) is 2.53. The number of thioether (sulfide) groups is 1. The van der Waals surface area contributed by atoms with E-state index in [1.165, 1.54) is 25.7 Å². The molecule has 0 bridgehead atoms. The zero-order valence-electron chi connectivity index (χ0n) is 9.71. The largest absolute Gasteiger partial charge is 0.360 e. The Balaban J connectivity index is 2.20. The van der Waals surface area contributed by atoms with Crippen LogP contribution < -0.4 is 10.6 Å². The third-order valence-electron chi connectivity index (χ3n) is 2.89. The van der Waals surface area contributed by atoms with E-state index in [0.717, 1.165) is 17.3 Å². The molecule has 0 saturated heterocycles. The molecule has 1 rings (SSSR count). The van der Waals surface area contributed by atoms with Crippen molar-refractivity contribution in [3.05, 3.63) is 0 Å². The zero-order valence-corrected chi connectivity index (χ0v) is 11.3. The van der Waals surface area contributed by atoms with Gasteiger partial charge in [0.05, 0.1) is 0 Å². The van der Waals surface area contributed by atoms with Crippen LogP contribution in [0.5, 0.6) is 0 Å². The Labute approximate surface area is 103 Å². The molecule has 1 fully saturated rings. The highest BCUT2D eigenvalue weighted by Gasteiger charge is 2.16. The van der Waals surface area contributed by atoms with E-state index in [1.807, 2.05) is 11.8 Å². The SMILES string of the molecule is CCC(CSC)NC(=S)NC1CCCC1. The second-order valence-electron chi connectivity index (χ2n) is 4.16. The van der Waals surface area contributed by atoms with Gasteiger partial charge in [-0.2, -0.15) is 11.8 Å². The molecule has 0 radical (unpaired) electrons. The van der Waals surface area contributed by atoms with Crippen LogP contribution in [-0.4, -0.2) is 29.2 Å². The van der Waals surface area contributed by atoms with Crippen LogP contribution in [-0.2, 0) is 0 Å². The van der Waals surface area contributed by atoms with Gasteiger partial charge in [-0.3, -0.25) is 0 Å². The van der Waals surface area contributed by atoms with E-state index in [0.29, 0.717) is 12.1 Å². The van der Waals surface area contributed by atoms with Gasteiger partial charge in [0.1, 0.15) is 0 Å². The molecule has 0 heterocycles. The molecule has 1 unspecified atom stereocenters. The van der Waals surface area contributed by atoms with Gasteiger partial charge in [0.25, 0.3) is 0 Å². The summed E-state index contributed by atoms with van der Waals surface area (Å²) in [6.45, 7) is 2.20. The summed E-state index contributed by atoms with van der Waals surface area (Å²) in [5.74, 6) is 1.13. The first-order valence-corrected chi connectivity index (χ1v) is 7.62. The summed E-state index contributed by atoms with van der Waals surface area (Å²) < 4.78 is 0. The molecule has 88 valence electrons. The second-order valence-corrected chi connectivity index (χ2v) is 5.48. The van der Waals surface area contributed by atoms with Crippen molar-refractivity contribution < 1.29 is 0 Å². The van der Waals surface area contributed by atoms with Crippen LogP contribution in [0, 0.1) is 0 Å². The maximum atomic E-state index is 5.32. The Kier molecular flexibility index (Phi) is 6.41. The molecule has 0 aromatic rings. The molecule has 1 aliphatic rings. The summed E-state index contributed by atoms with van der Waals surface area (Å²) >= 11 is 7.18. The summed E-state index contributed by atoms with van der Waals surface area (Å²) in [7, 11) is 0. The van der Waals surface area contributed by atoms with E-state index in [-0.39, 0.29) is 0 Å². The van der Waals surface area contributed by atoms with Crippen molar-refractivity contribution in [2.45, 2.75) is 51.1 Å². The highest BCUT2D eigenvalue weighted by molar-refractivity contribution is 7.98. The molecule has 4 heteroatoms. The quantitative estimate of drug-likeness (QED) is 0.728. The van der Waals surface area contributed by atoms with E-state index >= 15 is 0 Å². The Morgan fingerprint density at radius 2 is 2.13 bits per heavy atom. The van der Waals surface area contributed by atoms with Crippen LogP contribution in [0.15, 0.2) is 0 Å². The van der Waals surface area contributed by atoms with Gasteiger partial charge in [-0.05, 0) is 37.7 Å². The lowest BCUT2D eigenvalue weighted by Gasteiger charge is -2.21. The first-order valence-electron chi connectivity index (χ1n) is 5.82. The van der Waals surface area contributed by atoms with Crippen molar-refractivity contribution in [1.82, 2.24) is 10.6 Å². The van der Waals surface area contributed by atoms with Gasteiger partial charge in [0, 0.05) is 17.8 Å². The van der Waals surface area contributed by atoms with Crippen LogP contribution in [0.25, 0.3) is 0 Å². The van der Waals surface area contributed by atoms with Crippen LogP contribution in [0.2, 0.25) is 0 Å². The van der Waals surface area contributed by atoms with E-state index in [9.17, 15) is 0 Å². The van der Waals surface area contributed by atoms with E-state index in [1.54, 1.807) is 0 Å². The molecule has 1 atom stereocenters. The maximum absolute atomic E-state index is 5.32. The first kappa shape index (κ1) is 13.1. The summed E-state index contributed by atoms with van der Waals surface area (Å²) in [4.78, 5) is 0. The molecule has 0 aliphatic heterocycles. The first-order chi connectivity index (χ1) is 7.26. The number of hydrogen-bond donors (Lipinski definition) is 2. The van der Waals surface area contributed by atoms with Gasteiger partial charge in [-0.15, -0.1) is 0 Å². The Morgan fingerprint density at radius 1 is 1.47 bits per heavy atom. The average molecular weight is 246 g/mol. The predicted molar refractivity (Wildman–Crippen MR) is 73.6 cm³/mol. The number of nitrogens with one attached hydrogen (secondary N) is 2. The average Bonchev–Trinajstić information content (AvgIpc) is 2.69. The molecule has 2 N–H and O–H groups in total. The van der Waals surface area contributed by atoms with Gasteiger partial charge >= 0.3 is 0 Å². The lowest BCUT2D eigenvalue weighted by molar-refractivity contribution is 0.592. The third-order valence-corrected chi connectivity index (χ3v) is 3.86. The van der Waals surface area contributed by atoms with Crippen LogP contribution in [0.1, 0.15) is 39.0 Å². The molecule has 0 aromatic carbocycles. The van der Waals surface area contributed by atoms with Crippen molar-refractivity contribution in [1.29, 1.82) is 0 Å². The minimum atomic E-state index is 0.515. The molecule has 15 heavy (non-hydrogen) atoms. The lowest BCUT2D eigenvalue weighted by atomic mass is 10.2. The van der Waals surface area contributed by atoms with Crippen molar-refractivity contribution in [2.75, 3.05) is 12.0 Å². The molecular weight excluding hydrogens is 224 g/mol. The van der Waals surface area contributed by atoms with Crippen LogP contribution in [0.3, 0.4) is 0 Å². The van der Waals surface area contributed by atoms with Crippen molar-refractivity contribution in [2.24, 2.45) is 0 Å². The van der Waals surface area contributed by atoms with Gasteiger partial charge < -0.3 is 10.6 Å². The van der Waals surface area contributed by atoms with E-state index < -0.39 is 0 Å². The molecule has 1 saturated carbocycles. The molecular formula is C11H22N2S2. The van der Waals surface area contributed by atoms with Gasteiger partial charge in [-0.1, -0.05) is 19.8 Å². The monoisotopic (exact) mass is 246 g/mol. The smallest absolute Gasteiger partial charge is 0.166 e. The van der Waals surface area contributed by atoms with Crippen molar-refractivity contribution in [3.8, 4) is 0 Å². The third kappa shape index (κ3) is 5.07. The number of hydrogen-bond acceptors (Lipinski definition) is 2. The summed E-state index contributed by atoms with van der Waals surface area (Å²) in [5, 5.41) is 7.66. The Bertz CT molecular complexity index is 191. The number of rotatable bonds is 5. The van der Waals surface area contributed by atoms with Crippen LogP contribution >= 0.6 is 24.0 Å². The van der Waals surface area contributed by atoms with Crippen LogP contribution in [0.4, 0.5) is 0 Å². The Hall–Kier alpha value is 0.0400. The standard InChI is InChI=1S/C11H22N2S2/c1-3-9(8-15-2)12-11(14)13-10-6-4-5-7-10/h9-10H,3-8H2,1-2H3,(H2,12,13,14). The fraction of sp³-hybridized carbons (Fsp3) is 0.909. The van der Waals surface area contributed by atoms with Crippen molar-refractivity contribution >= 4 is 29.1 Å². The molecule has 0 aromatic heterocycles. The van der Waals surface area contributed by atoms with Crippen molar-refractivity contribution in [3.63, 3.8) is 0 Å². The Morgan fingerprint density at radius 3 is 2.67 bits per heavy atom. The summed E-state index contributed by atoms with van der Waals surface area (Å²) in [5.41, 5.74) is 0. The minimum Gasteiger partial charge on any atom is -0.360 e. The summed E-state index contributed by atoms with van der Waals surface area (Å²) in [6.07, 6.45) is 8.53. The van der Waals surface area contributed by atoms with E-state index in [4.69, 9.17) is 12.2 Å². The topological polar surface area (TPSA) is 24.1 Å². The fourth-order valence-corrected chi connectivity index (χ4v) is 3.00. The normalized spacial score (nSPS) is 18.8. The highest BCUT2D eigenvalue weighted by Crippen LogP contribution is 2.17. The molecule has 0 spiro atoms. The fourth-order valence-electron chi connectivity index (χ4n) is 1.95. The second kappa shape index (κ2) is 7.34. The zero-order chi connectivity index (χ0) is 11.1. The highest BCUT2D eigenvalue weighted by atomic mass is 32.2. The molecule has 2 nitrogen and oxygen atoms in total. The lowest BCUT2D eigenvalue weighted by Crippen LogP contribution is -2.46. The molecule has 1 aliphatic carbocycles. The van der Waals surface area contributed by atoms with Gasteiger partial charge in [0.2, 0.25) is 0 Å². The molecule has 0 amide bonds. The number of thiocarbonyl (C=S) groups is 1. The maximum Gasteiger partial charge on any atom is 0.166 e. The minimum absolute atomic E-state index is 0.515. The van der Waals surface area contributed by atoms with E-state index in [2.05, 4.69) is 23.8 Å². The summed E-state index contributed by atoms with van der Waals surface area (Å²) in [6, 6.07) is 1.14. The van der Waals surface area contributed by atoms with Gasteiger partial charge in [0.15, 0.2) is 5.11 Å².